The molecule has 0 bridgehead atoms. The van der Waals surface area contributed by atoms with Crippen LogP contribution in [0.4, 0.5) is 0 Å². The Bertz CT molecular complexity index is 615. The Hall–Kier alpha value is -2.17. The van der Waals surface area contributed by atoms with Crippen molar-refractivity contribution in [2.75, 3.05) is 14.2 Å². The Morgan fingerprint density at radius 2 is 2.05 bits per heavy atom. The van der Waals surface area contributed by atoms with Gasteiger partial charge in [0.2, 0.25) is 0 Å². The summed E-state index contributed by atoms with van der Waals surface area (Å²) in [5.74, 6) is 0.600. The number of benzene rings is 1. The molecule has 0 fully saturated rings. The number of carboxylic acids is 1. The van der Waals surface area contributed by atoms with Gasteiger partial charge in [0.1, 0.15) is 11.5 Å². The Balaban J connectivity index is 2.57. The Morgan fingerprint density at radius 1 is 1.32 bits per heavy atom. The lowest BCUT2D eigenvalue weighted by Crippen LogP contribution is -2.04. The van der Waals surface area contributed by atoms with E-state index < -0.39 is 5.97 Å². The van der Waals surface area contributed by atoms with Crippen LogP contribution in [0.5, 0.6) is 11.5 Å². The van der Waals surface area contributed by atoms with Crippen LogP contribution in [0.1, 0.15) is 12.0 Å². The molecule has 5 nitrogen and oxygen atoms in total. The number of fused-ring (bicyclic) bond motifs is 1. The Morgan fingerprint density at radius 3 is 2.63 bits per heavy atom. The quantitative estimate of drug-likeness (QED) is 0.900. The molecule has 1 N–H and O–H groups in total. The van der Waals surface area contributed by atoms with Crippen LogP contribution in [0.15, 0.2) is 18.3 Å². The minimum absolute atomic E-state index is 0.0817. The number of carbonyl (C=O) groups is 1. The van der Waals surface area contributed by atoms with Crippen LogP contribution in [0, 0.1) is 6.92 Å². The zero-order valence-electron chi connectivity index (χ0n) is 11.3. The van der Waals surface area contributed by atoms with Gasteiger partial charge in [0.15, 0.2) is 0 Å². The molecule has 0 amide bonds. The van der Waals surface area contributed by atoms with Crippen molar-refractivity contribution < 1.29 is 19.4 Å². The molecule has 0 spiro atoms. The summed E-state index contributed by atoms with van der Waals surface area (Å²) < 4.78 is 12.5. The topological polar surface area (TPSA) is 60.7 Å². The molecule has 0 aliphatic heterocycles. The maximum atomic E-state index is 10.7. The van der Waals surface area contributed by atoms with Crippen LogP contribution in [0.3, 0.4) is 0 Å². The summed E-state index contributed by atoms with van der Waals surface area (Å²) in [5.41, 5.74) is 1.97. The largest absolute Gasteiger partial charge is 0.497 e. The number of aliphatic carboxylic acids is 1. The summed E-state index contributed by atoms with van der Waals surface area (Å²) in [7, 11) is 3.20. The van der Waals surface area contributed by atoms with Crippen LogP contribution < -0.4 is 9.47 Å². The van der Waals surface area contributed by atoms with Crippen molar-refractivity contribution in [3.05, 3.63) is 23.9 Å². The predicted molar refractivity (Wildman–Crippen MR) is 72.0 cm³/mol. The number of rotatable bonds is 5. The summed E-state index contributed by atoms with van der Waals surface area (Å²) >= 11 is 0. The van der Waals surface area contributed by atoms with E-state index in [1.807, 2.05) is 23.8 Å². The van der Waals surface area contributed by atoms with Gasteiger partial charge in [-0.2, -0.15) is 0 Å². The zero-order valence-corrected chi connectivity index (χ0v) is 11.3. The third kappa shape index (κ3) is 2.50. The van der Waals surface area contributed by atoms with Crippen LogP contribution in [-0.2, 0) is 11.3 Å². The zero-order chi connectivity index (χ0) is 14.0. The molecular formula is C14H17NO4. The van der Waals surface area contributed by atoms with Crippen molar-refractivity contribution >= 4 is 16.9 Å². The molecule has 0 radical (unpaired) electrons. The molecule has 0 unspecified atom stereocenters. The van der Waals surface area contributed by atoms with Gasteiger partial charge in [0.25, 0.3) is 0 Å². The number of ether oxygens (including phenoxy) is 2. The molecule has 0 saturated heterocycles. The van der Waals surface area contributed by atoms with Gasteiger partial charge in [0.05, 0.1) is 26.2 Å². The highest BCUT2D eigenvalue weighted by Gasteiger charge is 2.13. The number of hydrogen-bond acceptors (Lipinski definition) is 3. The van der Waals surface area contributed by atoms with Crippen LogP contribution >= 0.6 is 0 Å². The second-order valence-electron chi connectivity index (χ2n) is 4.38. The monoisotopic (exact) mass is 263 g/mol. The molecule has 19 heavy (non-hydrogen) atoms. The highest BCUT2D eigenvalue weighted by Crippen LogP contribution is 2.34. The number of carboxylic acid groups (broad SMARTS) is 1. The first-order valence-electron chi connectivity index (χ1n) is 6.00. The van der Waals surface area contributed by atoms with Gasteiger partial charge in [-0.25, -0.2) is 0 Å². The van der Waals surface area contributed by atoms with Gasteiger partial charge in [-0.15, -0.1) is 0 Å². The van der Waals surface area contributed by atoms with Crippen LogP contribution in [0.25, 0.3) is 10.9 Å². The maximum Gasteiger partial charge on any atom is 0.305 e. The fourth-order valence-corrected chi connectivity index (χ4v) is 2.21. The van der Waals surface area contributed by atoms with Gasteiger partial charge in [-0.05, 0) is 18.6 Å². The molecule has 1 aromatic heterocycles. The van der Waals surface area contributed by atoms with E-state index in [9.17, 15) is 4.79 Å². The van der Waals surface area contributed by atoms with Crippen molar-refractivity contribution in [3.63, 3.8) is 0 Å². The molecule has 1 heterocycles. The highest BCUT2D eigenvalue weighted by molar-refractivity contribution is 5.90. The van der Waals surface area contributed by atoms with E-state index in [0.717, 1.165) is 22.2 Å². The standard InChI is InChI=1S/C14H17NO4/c1-9-8-15(5-4-13(16)17)14-11(9)6-10(18-2)7-12(14)19-3/h6-8H,4-5H2,1-3H3,(H,16,17). The minimum atomic E-state index is -0.813. The molecule has 0 aliphatic carbocycles. The Labute approximate surface area is 111 Å². The average molecular weight is 263 g/mol. The first-order chi connectivity index (χ1) is 9.06. The van der Waals surface area contributed by atoms with Crippen molar-refractivity contribution in [2.24, 2.45) is 0 Å². The third-order valence-corrected chi connectivity index (χ3v) is 3.13. The molecule has 0 atom stereocenters. The summed E-state index contributed by atoms with van der Waals surface area (Å²) in [6.45, 7) is 2.40. The van der Waals surface area contributed by atoms with Gasteiger partial charge in [0, 0.05) is 24.2 Å². The maximum absolute atomic E-state index is 10.7. The van der Waals surface area contributed by atoms with Gasteiger partial charge >= 0.3 is 5.97 Å². The summed E-state index contributed by atoms with van der Waals surface area (Å²) in [4.78, 5) is 10.7. The highest BCUT2D eigenvalue weighted by atomic mass is 16.5. The number of hydrogen-bond donors (Lipinski definition) is 1. The molecule has 1 aromatic carbocycles. The van der Waals surface area contributed by atoms with Crippen molar-refractivity contribution in [2.45, 2.75) is 19.9 Å². The van der Waals surface area contributed by atoms with E-state index in [0.29, 0.717) is 12.3 Å². The number of methoxy groups -OCH3 is 2. The average Bonchev–Trinajstić information content (AvgIpc) is 2.72. The first-order valence-corrected chi connectivity index (χ1v) is 6.00. The van der Waals surface area contributed by atoms with E-state index in [1.54, 1.807) is 20.3 Å². The lowest BCUT2D eigenvalue weighted by Gasteiger charge is -2.10. The van der Waals surface area contributed by atoms with Crippen LogP contribution in [0.2, 0.25) is 0 Å². The second kappa shape index (κ2) is 5.22. The lowest BCUT2D eigenvalue weighted by atomic mass is 10.1. The SMILES string of the molecule is COc1cc(OC)c2c(c1)c(C)cn2CCC(=O)O. The fourth-order valence-electron chi connectivity index (χ4n) is 2.21. The van der Waals surface area contributed by atoms with E-state index in [1.165, 1.54) is 0 Å². The fraction of sp³-hybridized carbons (Fsp3) is 0.357. The van der Waals surface area contributed by atoms with Gasteiger partial charge in [-0.1, -0.05) is 0 Å². The molecule has 0 aliphatic rings. The summed E-state index contributed by atoms with van der Waals surface area (Å²) in [5, 5.41) is 9.81. The third-order valence-electron chi connectivity index (χ3n) is 3.13. The normalized spacial score (nSPS) is 10.7. The molecular weight excluding hydrogens is 246 g/mol. The van der Waals surface area contributed by atoms with E-state index in [4.69, 9.17) is 14.6 Å². The van der Waals surface area contributed by atoms with Gasteiger partial charge in [-0.3, -0.25) is 4.79 Å². The van der Waals surface area contributed by atoms with Gasteiger partial charge < -0.3 is 19.1 Å². The smallest absolute Gasteiger partial charge is 0.305 e. The summed E-state index contributed by atoms with van der Waals surface area (Å²) in [6.07, 6.45) is 2.02. The minimum Gasteiger partial charge on any atom is -0.497 e. The Kier molecular flexibility index (Phi) is 3.64. The van der Waals surface area contributed by atoms with E-state index >= 15 is 0 Å². The predicted octanol–water partition coefficient (Wildman–Crippen LogP) is 2.44. The van der Waals surface area contributed by atoms with E-state index in [2.05, 4.69) is 0 Å². The summed E-state index contributed by atoms with van der Waals surface area (Å²) in [6, 6.07) is 3.74. The van der Waals surface area contributed by atoms with Crippen molar-refractivity contribution in [3.8, 4) is 11.5 Å². The first kappa shape index (κ1) is 13.3. The molecule has 5 heteroatoms. The van der Waals surface area contributed by atoms with Crippen LogP contribution in [-0.4, -0.2) is 29.9 Å². The lowest BCUT2D eigenvalue weighted by molar-refractivity contribution is -0.137. The molecule has 0 saturated carbocycles. The number of aryl methyl sites for hydroxylation is 2. The number of nitrogens with zero attached hydrogens (tertiary/aromatic N) is 1. The van der Waals surface area contributed by atoms with E-state index in [-0.39, 0.29) is 6.42 Å². The molecule has 102 valence electrons. The van der Waals surface area contributed by atoms with Crippen molar-refractivity contribution in [1.82, 2.24) is 4.57 Å². The molecule has 2 aromatic rings. The second-order valence-corrected chi connectivity index (χ2v) is 4.38. The number of aromatic nitrogens is 1. The molecule has 2 rings (SSSR count). The van der Waals surface area contributed by atoms with Crippen molar-refractivity contribution in [1.29, 1.82) is 0 Å².